The molecular formula is C20H25ClN6O3S. The minimum atomic E-state index is -3.39. The molecule has 3 heterocycles. The van der Waals surface area contributed by atoms with Gasteiger partial charge in [0, 0.05) is 31.4 Å². The first-order chi connectivity index (χ1) is 14.7. The Bertz CT molecular complexity index is 1280. The molecule has 1 N–H and O–H groups in total. The van der Waals surface area contributed by atoms with Crippen molar-refractivity contribution in [3.05, 3.63) is 40.0 Å². The van der Waals surface area contributed by atoms with Crippen LogP contribution >= 0.6 is 11.6 Å². The van der Waals surface area contributed by atoms with Crippen molar-refractivity contribution in [2.24, 2.45) is 7.05 Å². The van der Waals surface area contributed by atoms with Gasteiger partial charge in [-0.25, -0.2) is 13.4 Å². The van der Waals surface area contributed by atoms with Crippen LogP contribution in [-0.4, -0.2) is 44.0 Å². The maximum atomic E-state index is 12.8. The summed E-state index contributed by atoms with van der Waals surface area (Å²) in [5.41, 5.74) is 0.335. The molecule has 9 nitrogen and oxygen atoms in total. The Labute approximate surface area is 185 Å². The Balaban J connectivity index is 1.52. The minimum absolute atomic E-state index is 0.0248. The molecule has 0 spiro atoms. The van der Waals surface area contributed by atoms with Crippen LogP contribution in [0.15, 0.2) is 34.2 Å². The molecule has 3 aromatic heterocycles. The topological polar surface area (TPSA) is 112 Å². The van der Waals surface area contributed by atoms with Gasteiger partial charge in [0.1, 0.15) is 15.7 Å². The number of halogens is 1. The van der Waals surface area contributed by atoms with E-state index in [9.17, 15) is 13.2 Å². The zero-order chi connectivity index (χ0) is 22.3. The highest BCUT2D eigenvalue weighted by atomic mass is 35.5. The van der Waals surface area contributed by atoms with Crippen molar-refractivity contribution in [3.63, 3.8) is 0 Å². The second kappa shape index (κ2) is 8.23. The maximum absolute atomic E-state index is 12.8. The van der Waals surface area contributed by atoms with Crippen molar-refractivity contribution in [1.29, 1.82) is 0 Å². The second-order valence-corrected chi connectivity index (χ2v) is 10.8. The summed E-state index contributed by atoms with van der Waals surface area (Å²) in [7, 11) is -1.69. The normalized spacial score (nSPS) is 19.8. The van der Waals surface area contributed by atoms with E-state index < -0.39 is 15.1 Å². The number of sulfone groups is 1. The first-order valence-corrected chi connectivity index (χ1v) is 12.2. The SMILES string of the molecule is CC(C)n1c(=O)ccc2c(Cl)nc(NC3CCC(S(=O)(=O)c4cnn(C)c4)CC3)nc21. The molecule has 0 bridgehead atoms. The third-order valence-electron chi connectivity index (χ3n) is 5.71. The summed E-state index contributed by atoms with van der Waals surface area (Å²) in [5.74, 6) is 0.344. The standard InChI is InChI=1S/C20H25ClN6O3S/c1-12(2)27-17(28)9-8-16-18(21)24-20(25-19(16)27)23-13-4-6-14(7-5-13)31(29,30)15-10-22-26(3)11-15/h8-14H,4-7H2,1-3H3,(H,23,24,25). The van der Waals surface area contributed by atoms with E-state index in [1.165, 1.54) is 16.9 Å². The molecule has 0 radical (unpaired) electrons. The van der Waals surface area contributed by atoms with Crippen molar-refractivity contribution < 1.29 is 8.42 Å². The van der Waals surface area contributed by atoms with Crippen LogP contribution in [0.25, 0.3) is 11.0 Å². The van der Waals surface area contributed by atoms with Gasteiger partial charge in [0.2, 0.25) is 5.95 Å². The molecule has 0 atom stereocenters. The smallest absolute Gasteiger partial charge is 0.252 e. The lowest BCUT2D eigenvalue weighted by molar-refractivity contribution is 0.450. The fourth-order valence-corrected chi connectivity index (χ4v) is 6.10. The van der Waals surface area contributed by atoms with Crippen LogP contribution in [0.5, 0.6) is 0 Å². The van der Waals surface area contributed by atoms with E-state index in [0.717, 1.165) is 0 Å². The van der Waals surface area contributed by atoms with Crippen molar-refractivity contribution in [2.75, 3.05) is 5.32 Å². The predicted molar refractivity (Wildman–Crippen MR) is 119 cm³/mol. The molecule has 1 aliphatic carbocycles. The van der Waals surface area contributed by atoms with E-state index in [-0.39, 0.29) is 27.7 Å². The van der Waals surface area contributed by atoms with Crippen LogP contribution in [0, 0.1) is 0 Å². The quantitative estimate of drug-likeness (QED) is 0.577. The molecule has 31 heavy (non-hydrogen) atoms. The van der Waals surface area contributed by atoms with Crippen LogP contribution in [0.1, 0.15) is 45.6 Å². The predicted octanol–water partition coefficient (Wildman–Crippen LogP) is 2.96. The highest BCUT2D eigenvalue weighted by Gasteiger charge is 2.33. The van der Waals surface area contributed by atoms with Gasteiger partial charge in [-0.2, -0.15) is 10.1 Å². The third kappa shape index (κ3) is 4.18. The van der Waals surface area contributed by atoms with Crippen LogP contribution in [0.2, 0.25) is 5.15 Å². The van der Waals surface area contributed by atoms with Gasteiger partial charge in [0.25, 0.3) is 5.56 Å². The average molecular weight is 465 g/mol. The van der Waals surface area contributed by atoms with Crippen LogP contribution < -0.4 is 10.9 Å². The third-order valence-corrected chi connectivity index (χ3v) is 8.21. The zero-order valence-corrected chi connectivity index (χ0v) is 19.2. The molecule has 11 heteroatoms. The molecule has 0 aromatic carbocycles. The largest absolute Gasteiger partial charge is 0.351 e. The number of fused-ring (bicyclic) bond motifs is 1. The van der Waals surface area contributed by atoms with E-state index in [1.54, 1.807) is 23.9 Å². The molecule has 0 aliphatic heterocycles. The molecule has 3 aromatic rings. The lowest BCUT2D eigenvalue weighted by Gasteiger charge is -2.28. The molecular weight excluding hydrogens is 440 g/mol. The number of nitrogens with one attached hydrogen (secondary N) is 1. The molecule has 1 saturated carbocycles. The summed E-state index contributed by atoms with van der Waals surface area (Å²) < 4.78 is 28.8. The Morgan fingerprint density at radius 2 is 1.87 bits per heavy atom. The van der Waals surface area contributed by atoms with E-state index in [1.807, 2.05) is 13.8 Å². The summed E-state index contributed by atoms with van der Waals surface area (Å²) >= 11 is 6.37. The zero-order valence-electron chi connectivity index (χ0n) is 17.6. The van der Waals surface area contributed by atoms with Gasteiger partial charge in [-0.3, -0.25) is 14.0 Å². The van der Waals surface area contributed by atoms with Crippen LogP contribution in [0.4, 0.5) is 5.95 Å². The molecule has 4 rings (SSSR count). The van der Waals surface area contributed by atoms with E-state index >= 15 is 0 Å². The second-order valence-electron chi connectivity index (χ2n) is 8.22. The Morgan fingerprint density at radius 3 is 2.48 bits per heavy atom. The van der Waals surface area contributed by atoms with E-state index in [4.69, 9.17) is 11.6 Å². The van der Waals surface area contributed by atoms with Gasteiger partial charge >= 0.3 is 0 Å². The molecule has 166 valence electrons. The number of aryl methyl sites for hydroxylation is 1. The summed E-state index contributed by atoms with van der Waals surface area (Å²) in [6.07, 6.45) is 5.33. The summed E-state index contributed by atoms with van der Waals surface area (Å²) in [4.78, 5) is 21.5. The molecule has 1 fully saturated rings. The van der Waals surface area contributed by atoms with E-state index in [0.29, 0.717) is 42.7 Å². The maximum Gasteiger partial charge on any atom is 0.252 e. The number of hydrogen-bond acceptors (Lipinski definition) is 7. The highest BCUT2D eigenvalue weighted by Crippen LogP contribution is 2.30. The van der Waals surface area contributed by atoms with Gasteiger partial charge in [-0.05, 0) is 45.6 Å². The summed E-state index contributed by atoms with van der Waals surface area (Å²) in [6, 6.07) is 3.05. The monoisotopic (exact) mass is 464 g/mol. The van der Waals surface area contributed by atoms with Gasteiger partial charge in [-0.15, -0.1) is 0 Å². The van der Waals surface area contributed by atoms with Crippen molar-refractivity contribution in [3.8, 4) is 0 Å². The number of anilines is 1. The minimum Gasteiger partial charge on any atom is -0.351 e. The number of pyridine rings is 1. The Kier molecular flexibility index (Phi) is 5.78. The van der Waals surface area contributed by atoms with Crippen molar-refractivity contribution in [2.45, 2.75) is 61.8 Å². The molecule has 0 amide bonds. The Hall–Kier alpha value is -2.46. The lowest BCUT2D eigenvalue weighted by atomic mass is 9.95. The molecule has 1 aliphatic rings. The lowest BCUT2D eigenvalue weighted by Crippen LogP contribution is -2.33. The van der Waals surface area contributed by atoms with Crippen LogP contribution in [-0.2, 0) is 16.9 Å². The Morgan fingerprint density at radius 1 is 1.16 bits per heavy atom. The van der Waals surface area contributed by atoms with Crippen molar-refractivity contribution in [1.82, 2.24) is 24.3 Å². The summed E-state index contributed by atoms with van der Waals surface area (Å²) in [6.45, 7) is 3.82. The summed E-state index contributed by atoms with van der Waals surface area (Å²) in [5, 5.41) is 7.72. The average Bonchev–Trinajstić information content (AvgIpc) is 3.15. The van der Waals surface area contributed by atoms with E-state index in [2.05, 4.69) is 20.4 Å². The van der Waals surface area contributed by atoms with Crippen LogP contribution in [0.3, 0.4) is 0 Å². The fraction of sp³-hybridized carbons (Fsp3) is 0.500. The first kappa shape index (κ1) is 21.8. The molecule has 0 saturated heterocycles. The van der Waals surface area contributed by atoms with Gasteiger partial charge in [0.05, 0.1) is 16.8 Å². The number of aromatic nitrogens is 5. The fourth-order valence-electron chi connectivity index (χ4n) is 4.10. The number of nitrogens with zero attached hydrogens (tertiary/aromatic N) is 5. The highest BCUT2D eigenvalue weighted by molar-refractivity contribution is 7.92. The van der Waals surface area contributed by atoms with Gasteiger partial charge in [-0.1, -0.05) is 11.6 Å². The van der Waals surface area contributed by atoms with Gasteiger partial charge < -0.3 is 5.32 Å². The molecule has 0 unspecified atom stereocenters. The first-order valence-electron chi connectivity index (χ1n) is 10.2. The van der Waals surface area contributed by atoms with Crippen molar-refractivity contribution >= 4 is 38.4 Å². The van der Waals surface area contributed by atoms with Gasteiger partial charge in [0.15, 0.2) is 9.84 Å². The number of hydrogen-bond donors (Lipinski definition) is 1. The number of rotatable bonds is 5.